The summed E-state index contributed by atoms with van der Waals surface area (Å²) < 4.78 is 136. The van der Waals surface area contributed by atoms with Crippen LogP contribution in [0, 0.1) is 0 Å². The highest BCUT2D eigenvalue weighted by Gasteiger charge is 2.93. The Kier molecular flexibility index (Phi) is 4.45. The SMILES string of the molecule is C=CC(=O)OC1(C(F)(F)C(F)(F)F)COC(O)(C(F)(F)F)C1(F)F. The minimum absolute atomic E-state index is 0.144. The molecule has 0 spiro atoms. The summed E-state index contributed by atoms with van der Waals surface area (Å²) in [6, 6.07) is 0. The van der Waals surface area contributed by atoms with Crippen molar-refractivity contribution in [3.63, 3.8) is 0 Å². The molecule has 0 aliphatic carbocycles. The maximum Gasteiger partial charge on any atom is 0.458 e. The van der Waals surface area contributed by atoms with Crippen molar-refractivity contribution in [3.8, 4) is 0 Å². The van der Waals surface area contributed by atoms with Crippen LogP contribution in [0.4, 0.5) is 43.9 Å². The molecule has 0 amide bonds. The molecular weight excluding hydrogens is 374 g/mol. The predicted molar refractivity (Wildman–Crippen MR) is 51.9 cm³/mol. The van der Waals surface area contributed by atoms with Crippen molar-refractivity contribution in [3.05, 3.63) is 12.7 Å². The lowest BCUT2D eigenvalue weighted by Gasteiger charge is -2.41. The lowest BCUT2D eigenvalue weighted by Crippen LogP contribution is -2.72. The van der Waals surface area contributed by atoms with Crippen LogP contribution >= 0.6 is 0 Å². The zero-order valence-electron chi connectivity index (χ0n) is 10.9. The minimum atomic E-state index is -6.88. The van der Waals surface area contributed by atoms with Gasteiger partial charge >= 0.3 is 36.0 Å². The van der Waals surface area contributed by atoms with Crippen LogP contribution in [0.3, 0.4) is 0 Å². The summed E-state index contributed by atoms with van der Waals surface area (Å²) >= 11 is 0. The molecule has 140 valence electrons. The Bertz CT molecular complexity index is 539. The third kappa shape index (κ3) is 2.34. The van der Waals surface area contributed by atoms with E-state index >= 15 is 0 Å². The highest BCUT2D eigenvalue weighted by Crippen LogP contribution is 2.62. The Morgan fingerprint density at radius 1 is 1.12 bits per heavy atom. The van der Waals surface area contributed by atoms with E-state index in [4.69, 9.17) is 5.11 Å². The molecule has 24 heavy (non-hydrogen) atoms. The lowest BCUT2D eigenvalue weighted by molar-refractivity contribution is -0.428. The molecule has 4 nitrogen and oxygen atoms in total. The smallest absolute Gasteiger partial charge is 0.440 e. The van der Waals surface area contributed by atoms with Crippen LogP contribution in [0.25, 0.3) is 0 Å². The molecule has 1 aliphatic rings. The number of carbonyl (C=O) groups excluding carboxylic acids is 1. The largest absolute Gasteiger partial charge is 0.458 e. The summed E-state index contributed by atoms with van der Waals surface area (Å²) in [6.07, 6.45) is -13.5. The molecule has 0 aromatic carbocycles. The average molecular weight is 380 g/mol. The number of alkyl halides is 10. The molecule has 0 radical (unpaired) electrons. The first-order valence-electron chi connectivity index (χ1n) is 5.52. The summed E-state index contributed by atoms with van der Waals surface area (Å²) in [5, 5.41) is 8.89. The number of hydrogen-bond donors (Lipinski definition) is 1. The van der Waals surface area contributed by atoms with Gasteiger partial charge in [0, 0.05) is 6.08 Å². The van der Waals surface area contributed by atoms with Crippen molar-refractivity contribution >= 4 is 5.97 Å². The van der Waals surface area contributed by atoms with Gasteiger partial charge < -0.3 is 14.6 Å². The highest BCUT2D eigenvalue weighted by molar-refractivity contribution is 5.81. The number of halogens is 10. The average Bonchev–Trinajstić information content (AvgIpc) is 2.59. The van der Waals surface area contributed by atoms with Gasteiger partial charge in [-0.15, -0.1) is 0 Å². The molecule has 1 rings (SSSR count). The second-order valence-electron chi connectivity index (χ2n) is 4.53. The summed E-state index contributed by atoms with van der Waals surface area (Å²) in [5.74, 6) is -21.2. The standard InChI is InChI=1S/C10H6F10O4/c1-2-4(21)24-5(7(13,14)9(15,16)17)3-23-8(22,6(5,11)12)10(18,19)20/h2,22H,1,3H2. The number of carbonyl (C=O) groups is 1. The van der Waals surface area contributed by atoms with Crippen LogP contribution in [0.15, 0.2) is 12.7 Å². The van der Waals surface area contributed by atoms with E-state index in [1.165, 1.54) is 0 Å². The van der Waals surface area contributed by atoms with Gasteiger partial charge in [0.15, 0.2) is 0 Å². The van der Waals surface area contributed by atoms with Crippen molar-refractivity contribution in [1.82, 2.24) is 0 Å². The zero-order valence-corrected chi connectivity index (χ0v) is 10.9. The van der Waals surface area contributed by atoms with E-state index in [0.717, 1.165) is 0 Å². The second-order valence-corrected chi connectivity index (χ2v) is 4.53. The first-order chi connectivity index (χ1) is 10.4. The molecule has 2 atom stereocenters. The van der Waals surface area contributed by atoms with Gasteiger partial charge in [0.25, 0.3) is 5.60 Å². The number of rotatable bonds is 3. The van der Waals surface area contributed by atoms with Crippen molar-refractivity contribution in [1.29, 1.82) is 0 Å². The Morgan fingerprint density at radius 3 is 1.88 bits per heavy atom. The fraction of sp³-hybridized carbons (Fsp3) is 0.700. The summed E-state index contributed by atoms with van der Waals surface area (Å²) in [4.78, 5) is 10.9. The fourth-order valence-electron chi connectivity index (χ4n) is 1.81. The molecule has 1 saturated heterocycles. The van der Waals surface area contributed by atoms with E-state index in [0.29, 0.717) is 0 Å². The van der Waals surface area contributed by atoms with Gasteiger partial charge in [-0.2, -0.15) is 43.9 Å². The minimum Gasteiger partial charge on any atom is -0.440 e. The highest BCUT2D eigenvalue weighted by atomic mass is 19.4. The van der Waals surface area contributed by atoms with E-state index in [2.05, 4.69) is 16.1 Å². The Labute approximate surface area is 125 Å². The molecule has 2 unspecified atom stereocenters. The van der Waals surface area contributed by atoms with Crippen LogP contribution in [0.1, 0.15) is 0 Å². The van der Waals surface area contributed by atoms with Crippen LogP contribution in [-0.4, -0.2) is 53.3 Å². The second kappa shape index (κ2) is 5.21. The number of hydrogen-bond acceptors (Lipinski definition) is 4. The van der Waals surface area contributed by atoms with Gasteiger partial charge in [-0.05, 0) is 0 Å². The van der Waals surface area contributed by atoms with Gasteiger partial charge in [0.1, 0.15) is 6.61 Å². The maximum atomic E-state index is 13.9. The van der Waals surface area contributed by atoms with Gasteiger partial charge in [-0.1, -0.05) is 6.58 Å². The number of ether oxygens (including phenoxy) is 2. The summed E-state index contributed by atoms with van der Waals surface area (Å²) in [7, 11) is 0. The normalized spacial score (nSPS) is 31.0. The molecule has 1 heterocycles. The summed E-state index contributed by atoms with van der Waals surface area (Å²) in [6.45, 7) is -0.264. The Morgan fingerprint density at radius 2 is 1.58 bits per heavy atom. The number of esters is 1. The molecule has 1 fully saturated rings. The van der Waals surface area contributed by atoms with Crippen molar-refractivity contribution < 1.29 is 63.3 Å². The fourth-order valence-corrected chi connectivity index (χ4v) is 1.81. The van der Waals surface area contributed by atoms with E-state index in [1.807, 2.05) is 0 Å². The topological polar surface area (TPSA) is 55.8 Å². The van der Waals surface area contributed by atoms with E-state index in [9.17, 15) is 48.7 Å². The zero-order chi connectivity index (χ0) is 19.4. The Hall–Kier alpha value is -1.57. The molecule has 1 N–H and O–H groups in total. The van der Waals surface area contributed by atoms with E-state index < -0.39 is 48.2 Å². The van der Waals surface area contributed by atoms with E-state index in [1.54, 1.807) is 0 Å². The monoisotopic (exact) mass is 380 g/mol. The molecule has 0 aromatic rings. The van der Waals surface area contributed by atoms with Gasteiger partial charge in [0.05, 0.1) is 0 Å². The predicted octanol–water partition coefficient (Wildman–Crippen LogP) is 2.57. The van der Waals surface area contributed by atoms with Gasteiger partial charge in [-0.3, -0.25) is 0 Å². The molecule has 14 heteroatoms. The van der Waals surface area contributed by atoms with Gasteiger partial charge in [-0.25, -0.2) is 4.79 Å². The lowest BCUT2D eigenvalue weighted by atomic mass is 9.85. The van der Waals surface area contributed by atoms with Crippen molar-refractivity contribution in [2.24, 2.45) is 0 Å². The molecule has 1 aliphatic heterocycles. The molecular formula is C10H6F10O4. The van der Waals surface area contributed by atoms with Crippen LogP contribution in [0.2, 0.25) is 0 Å². The van der Waals surface area contributed by atoms with E-state index in [-0.39, 0.29) is 6.08 Å². The van der Waals surface area contributed by atoms with Crippen LogP contribution < -0.4 is 0 Å². The maximum absolute atomic E-state index is 13.9. The van der Waals surface area contributed by atoms with Crippen LogP contribution in [0.5, 0.6) is 0 Å². The quantitative estimate of drug-likeness (QED) is 0.465. The Balaban J connectivity index is 3.70. The molecule has 0 saturated carbocycles. The first-order valence-corrected chi connectivity index (χ1v) is 5.52. The molecule has 0 bridgehead atoms. The molecule has 0 aromatic heterocycles. The summed E-state index contributed by atoms with van der Waals surface area (Å²) in [5.41, 5.74) is -5.52. The van der Waals surface area contributed by atoms with Crippen LogP contribution in [-0.2, 0) is 14.3 Å². The van der Waals surface area contributed by atoms with Crippen molar-refractivity contribution in [2.75, 3.05) is 6.61 Å². The third-order valence-electron chi connectivity index (χ3n) is 3.11. The first kappa shape index (κ1) is 20.5. The van der Waals surface area contributed by atoms with Crippen molar-refractivity contribution in [2.45, 2.75) is 35.6 Å². The number of aliphatic hydroxyl groups is 1. The van der Waals surface area contributed by atoms with Gasteiger partial charge in [0.2, 0.25) is 0 Å². The third-order valence-corrected chi connectivity index (χ3v) is 3.11.